The van der Waals surface area contributed by atoms with E-state index in [1.807, 2.05) is 12.1 Å². The van der Waals surface area contributed by atoms with Gasteiger partial charge >= 0.3 is 0 Å². The Balaban J connectivity index is 0.00000192. The molecule has 1 aromatic heterocycles. The molecule has 1 fully saturated rings. The first kappa shape index (κ1) is 17.4. The number of aromatic nitrogens is 2. The molecule has 3 rings (SSSR count). The molecule has 2 N–H and O–H groups in total. The average molecular weight is 334 g/mol. The zero-order chi connectivity index (χ0) is 15.9. The van der Waals surface area contributed by atoms with Crippen LogP contribution < -0.4 is 11.3 Å². The van der Waals surface area contributed by atoms with Crippen molar-refractivity contribution in [2.75, 3.05) is 0 Å². The number of rotatable bonds is 2. The van der Waals surface area contributed by atoms with Gasteiger partial charge in [0.25, 0.3) is 5.56 Å². The van der Waals surface area contributed by atoms with E-state index in [-0.39, 0.29) is 30.3 Å². The lowest BCUT2D eigenvalue weighted by molar-refractivity contribution is -0.122. The van der Waals surface area contributed by atoms with Crippen LogP contribution in [-0.4, -0.2) is 15.3 Å². The van der Waals surface area contributed by atoms with Gasteiger partial charge in [-0.1, -0.05) is 24.3 Å². The summed E-state index contributed by atoms with van der Waals surface area (Å²) in [5.74, 6) is 0.602. The summed E-state index contributed by atoms with van der Waals surface area (Å²) in [5.41, 5.74) is 7.90. The van der Waals surface area contributed by atoms with Crippen LogP contribution in [0.3, 0.4) is 0 Å². The van der Waals surface area contributed by atoms with Crippen molar-refractivity contribution in [2.24, 2.45) is 5.73 Å². The van der Waals surface area contributed by atoms with Crippen molar-refractivity contribution in [1.82, 2.24) is 9.55 Å². The van der Waals surface area contributed by atoms with Crippen LogP contribution in [0.2, 0.25) is 0 Å². The zero-order valence-corrected chi connectivity index (χ0v) is 13.9. The van der Waals surface area contributed by atoms with Crippen molar-refractivity contribution in [3.63, 3.8) is 0 Å². The van der Waals surface area contributed by atoms with Crippen molar-refractivity contribution in [3.8, 4) is 0 Å². The molecule has 0 saturated heterocycles. The van der Waals surface area contributed by atoms with E-state index in [0.29, 0.717) is 29.6 Å². The standard InChI is InChI=1S/C17H19N3O2.ClH/c1-10-6-7-14(15(21)8-10)20-11(2)19-13-5-3-4-12(9-18)16(13)17(20)22;/h3-5,14H,1,6-9,18H2,2H3;1H. The summed E-state index contributed by atoms with van der Waals surface area (Å²) < 4.78 is 1.54. The summed E-state index contributed by atoms with van der Waals surface area (Å²) in [4.78, 5) is 29.8. The number of halogens is 1. The lowest BCUT2D eigenvalue weighted by atomic mass is 9.90. The van der Waals surface area contributed by atoms with E-state index in [9.17, 15) is 9.59 Å². The predicted octanol–water partition coefficient (Wildman–Crippen LogP) is 2.44. The Morgan fingerprint density at radius 1 is 1.39 bits per heavy atom. The van der Waals surface area contributed by atoms with E-state index < -0.39 is 6.04 Å². The molecule has 122 valence electrons. The zero-order valence-electron chi connectivity index (χ0n) is 13.0. The number of ketones is 1. The highest BCUT2D eigenvalue weighted by molar-refractivity contribution is 5.87. The van der Waals surface area contributed by atoms with Crippen LogP contribution in [0.5, 0.6) is 0 Å². The number of aryl methyl sites for hydroxylation is 1. The van der Waals surface area contributed by atoms with E-state index in [1.165, 1.54) is 4.57 Å². The Morgan fingerprint density at radius 3 is 2.78 bits per heavy atom. The maximum atomic E-state index is 12.9. The third kappa shape index (κ3) is 2.94. The summed E-state index contributed by atoms with van der Waals surface area (Å²) in [6.07, 6.45) is 1.71. The minimum atomic E-state index is -0.444. The number of nitrogens with two attached hydrogens (primary N) is 1. The maximum absolute atomic E-state index is 12.9. The fraction of sp³-hybridized carbons (Fsp3) is 0.353. The largest absolute Gasteiger partial charge is 0.326 e. The van der Waals surface area contributed by atoms with Gasteiger partial charge < -0.3 is 5.73 Å². The first-order chi connectivity index (χ1) is 10.5. The first-order valence-corrected chi connectivity index (χ1v) is 7.43. The smallest absolute Gasteiger partial charge is 0.262 e. The molecule has 1 saturated carbocycles. The molecule has 5 nitrogen and oxygen atoms in total. The molecule has 1 unspecified atom stereocenters. The summed E-state index contributed by atoms with van der Waals surface area (Å²) in [7, 11) is 0. The van der Waals surface area contributed by atoms with Crippen LogP contribution in [-0.2, 0) is 11.3 Å². The molecular formula is C17H20ClN3O2. The molecule has 0 bridgehead atoms. The third-order valence-electron chi connectivity index (χ3n) is 4.29. The Morgan fingerprint density at radius 2 is 2.13 bits per heavy atom. The van der Waals surface area contributed by atoms with Gasteiger partial charge in [0.05, 0.1) is 16.9 Å². The lowest BCUT2D eigenvalue weighted by Crippen LogP contribution is -2.35. The number of allylic oxidation sites excluding steroid dienone is 1. The highest BCUT2D eigenvalue weighted by atomic mass is 35.5. The van der Waals surface area contributed by atoms with Gasteiger partial charge in [0, 0.05) is 13.0 Å². The number of hydrogen-bond donors (Lipinski definition) is 1. The summed E-state index contributed by atoms with van der Waals surface area (Å²) in [6.45, 7) is 5.92. The average Bonchev–Trinajstić information content (AvgIpc) is 2.48. The van der Waals surface area contributed by atoms with Gasteiger partial charge in [-0.2, -0.15) is 0 Å². The van der Waals surface area contributed by atoms with E-state index >= 15 is 0 Å². The summed E-state index contributed by atoms with van der Waals surface area (Å²) in [6, 6.07) is 5.03. The molecule has 1 aliphatic rings. The predicted molar refractivity (Wildman–Crippen MR) is 92.9 cm³/mol. The van der Waals surface area contributed by atoms with Crippen LogP contribution in [0.15, 0.2) is 35.1 Å². The Hall–Kier alpha value is -1.98. The van der Waals surface area contributed by atoms with Crippen molar-refractivity contribution in [2.45, 2.75) is 38.8 Å². The van der Waals surface area contributed by atoms with E-state index in [4.69, 9.17) is 5.73 Å². The highest BCUT2D eigenvalue weighted by Gasteiger charge is 2.28. The van der Waals surface area contributed by atoms with E-state index in [1.54, 1.807) is 13.0 Å². The second kappa shape index (κ2) is 6.64. The molecule has 23 heavy (non-hydrogen) atoms. The summed E-state index contributed by atoms with van der Waals surface area (Å²) >= 11 is 0. The van der Waals surface area contributed by atoms with Gasteiger partial charge in [-0.05, 0) is 31.4 Å². The fourth-order valence-electron chi connectivity index (χ4n) is 3.19. The molecule has 1 heterocycles. The van der Waals surface area contributed by atoms with Crippen LogP contribution >= 0.6 is 12.4 Å². The summed E-state index contributed by atoms with van der Waals surface area (Å²) in [5, 5.41) is 0.521. The number of hydrogen-bond acceptors (Lipinski definition) is 4. The number of Topliss-reactive ketones (excluding diaryl/α,β-unsaturated/α-hetero) is 1. The fourth-order valence-corrected chi connectivity index (χ4v) is 3.19. The SMILES string of the molecule is C=C1CCC(n2c(C)nc3cccc(CN)c3c2=O)C(=O)C1.Cl. The molecule has 0 radical (unpaired) electrons. The Kier molecular flexibility index (Phi) is 5.02. The molecule has 0 amide bonds. The highest BCUT2D eigenvalue weighted by Crippen LogP contribution is 2.28. The second-order valence-electron chi connectivity index (χ2n) is 5.80. The van der Waals surface area contributed by atoms with Crippen molar-refractivity contribution < 1.29 is 4.79 Å². The maximum Gasteiger partial charge on any atom is 0.262 e. The molecule has 1 aromatic carbocycles. The molecule has 1 aliphatic carbocycles. The van der Waals surface area contributed by atoms with Crippen molar-refractivity contribution in [1.29, 1.82) is 0 Å². The van der Waals surface area contributed by atoms with Gasteiger partial charge in [0.15, 0.2) is 5.78 Å². The molecule has 0 aliphatic heterocycles. The number of fused-ring (bicyclic) bond motifs is 1. The molecule has 6 heteroatoms. The third-order valence-corrected chi connectivity index (χ3v) is 4.29. The van der Waals surface area contributed by atoms with Crippen LogP contribution in [0, 0.1) is 6.92 Å². The molecule has 2 aromatic rings. The minimum Gasteiger partial charge on any atom is -0.326 e. The van der Waals surface area contributed by atoms with Gasteiger partial charge in [-0.15, -0.1) is 12.4 Å². The van der Waals surface area contributed by atoms with Gasteiger partial charge in [-0.25, -0.2) is 4.98 Å². The molecule has 0 spiro atoms. The number of carbonyl (C=O) groups is 1. The van der Waals surface area contributed by atoms with Crippen molar-refractivity contribution in [3.05, 3.63) is 52.1 Å². The van der Waals surface area contributed by atoms with Crippen molar-refractivity contribution >= 4 is 29.1 Å². The van der Waals surface area contributed by atoms with Gasteiger partial charge in [0.2, 0.25) is 0 Å². The van der Waals surface area contributed by atoms with E-state index in [0.717, 1.165) is 17.6 Å². The Labute approximate surface area is 140 Å². The van der Waals surface area contributed by atoms with E-state index in [2.05, 4.69) is 11.6 Å². The molecular weight excluding hydrogens is 314 g/mol. The second-order valence-corrected chi connectivity index (χ2v) is 5.80. The molecule has 1 atom stereocenters. The number of carbonyl (C=O) groups excluding carboxylic acids is 1. The van der Waals surface area contributed by atoms with Crippen LogP contribution in [0.4, 0.5) is 0 Å². The van der Waals surface area contributed by atoms with Crippen LogP contribution in [0.25, 0.3) is 10.9 Å². The van der Waals surface area contributed by atoms with Gasteiger partial charge in [0.1, 0.15) is 5.82 Å². The monoisotopic (exact) mass is 333 g/mol. The minimum absolute atomic E-state index is 0. The number of benzene rings is 1. The lowest BCUT2D eigenvalue weighted by Gasteiger charge is -2.25. The quantitative estimate of drug-likeness (QED) is 0.856. The number of nitrogens with zero attached hydrogens (tertiary/aromatic N) is 2. The van der Waals surface area contributed by atoms with Crippen LogP contribution in [0.1, 0.15) is 36.7 Å². The topological polar surface area (TPSA) is 78.0 Å². The first-order valence-electron chi connectivity index (χ1n) is 7.43. The van der Waals surface area contributed by atoms with Gasteiger partial charge in [-0.3, -0.25) is 14.2 Å². The normalized spacial score (nSPS) is 18.1. The Bertz CT molecular complexity index is 842.